The minimum atomic E-state index is -0.258. The number of benzene rings is 3. The summed E-state index contributed by atoms with van der Waals surface area (Å²) >= 11 is 5.85. The molecule has 1 aliphatic rings. The van der Waals surface area contributed by atoms with Gasteiger partial charge in [-0.2, -0.15) is 0 Å². The fraction of sp³-hybridized carbons (Fsp3) is 0.105. The zero-order chi connectivity index (χ0) is 15.8. The van der Waals surface area contributed by atoms with Gasteiger partial charge in [0.15, 0.2) is 0 Å². The predicted octanol–water partition coefficient (Wildman–Crippen LogP) is 5.24. The third-order valence-corrected chi connectivity index (χ3v) is 4.48. The lowest BCUT2D eigenvalue weighted by atomic mass is 10.0. The van der Waals surface area contributed by atoms with Gasteiger partial charge in [0.1, 0.15) is 0 Å². The van der Waals surface area contributed by atoms with Crippen molar-refractivity contribution in [2.24, 2.45) is 0 Å². The molecule has 3 nitrogen and oxygen atoms in total. The number of aryl methyl sites for hydroxylation is 2. The first kappa shape index (κ1) is 14.1. The van der Waals surface area contributed by atoms with Crippen LogP contribution in [0.4, 0.5) is 16.2 Å². The molecule has 0 fully saturated rings. The summed E-state index contributed by atoms with van der Waals surface area (Å²) in [5.74, 6) is 0. The molecule has 3 aromatic carbocycles. The van der Waals surface area contributed by atoms with Gasteiger partial charge in [0.25, 0.3) is 0 Å². The molecule has 0 radical (unpaired) electrons. The van der Waals surface area contributed by atoms with Crippen molar-refractivity contribution in [1.82, 2.24) is 0 Å². The van der Waals surface area contributed by atoms with Gasteiger partial charge in [0, 0.05) is 16.1 Å². The average molecular weight is 323 g/mol. The number of rotatable bonds is 2. The Morgan fingerprint density at radius 2 is 1.61 bits per heavy atom. The lowest BCUT2D eigenvalue weighted by Gasteiger charge is -2.11. The number of carbonyl (C=O) groups is 1. The van der Waals surface area contributed by atoms with E-state index in [1.165, 1.54) is 16.5 Å². The maximum Gasteiger partial charge on any atom is 0.323 e. The van der Waals surface area contributed by atoms with Crippen molar-refractivity contribution in [2.75, 3.05) is 10.6 Å². The summed E-state index contributed by atoms with van der Waals surface area (Å²) in [4.78, 5) is 12.2. The third-order valence-electron chi connectivity index (χ3n) is 4.23. The molecular weight excluding hydrogens is 308 g/mol. The molecule has 2 N–H and O–H groups in total. The van der Waals surface area contributed by atoms with E-state index in [-0.39, 0.29) is 6.03 Å². The molecule has 3 aromatic rings. The summed E-state index contributed by atoms with van der Waals surface area (Å²) in [6.45, 7) is 0. The van der Waals surface area contributed by atoms with Crippen LogP contribution in [0.3, 0.4) is 0 Å². The number of hydrogen-bond donors (Lipinski definition) is 2. The van der Waals surface area contributed by atoms with Gasteiger partial charge in [-0.15, -0.1) is 0 Å². The van der Waals surface area contributed by atoms with Crippen LogP contribution in [-0.4, -0.2) is 6.03 Å². The van der Waals surface area contributed by atoms with Crippen LogP contribution < -0.4 is 10.6 Å². The van der Waals surface area contributed by atoms with Crippen molar-refractivity contribution in [3.8, 4) is 0 Å². The highest BCUT2D eigenvalue weighted by atomic mass is 35.5. The molecule has 0 unspecified atom stereocenters. The first-order valence-corrected chi connectivity index (χ1v) is 7.95. The molecule has 0 aromatic heterocycles. The second-order valence-corrected chi connectivity index (χ2v) is 6.13. The van der Waals surface area contributed by atoms with Crippen LogP contribution >= 0.6 is 11.6 Å². The molecule has 0 heterocycles. The Kier molecular flexibility index (Phi) is 3.43. The van der Waals surface area contributed by atoms with Crippen LogP contribution in [0.15, 0.2) is 54.6 Å². The van der Waals surface area contributed by atoms with Gasteiger partial charge >= 0.3 is 6.03 Å². The number of anilines is 2. The number of carbonyl (C=O) groups excluding carboxylic acids is 1. The lowest BCUT2D eigenvalue weighted by Crippen LogP contribution is -2.19. The Balaban J connectivity index is 1.61. The highest BCUT2D eigenvalue weighted by Crippen LogP contribution is 2.35. The van der Waals surface area contributed by atoms with Crippen LogP contribution in [0, 0.1) is 0 Å². The fourth-order valence-electron chi connectivity index (χ4n) is 3.17. The van der Waals surface area contributed by atoms with E-state index in [9.17, 15) is 4.79 Å². The molecule has 0 aliphatic heterocycles. The smallest absolute Gasteiger partial charge is 0.308 e. The molecule has 0 spiro atoms. The van der Waals surface area contributed by atoms with Gasteiger partial charge in [-0.25, -0.2) is 4.79 Å². The van der Waals surface area contributed by atoms with Gasteiger partial charge in [0.05, 0.1) is 5.69 Å². The number of urea groups is 1. The van der Waals surface area contributed by atoms with E-state index >= 15 is 0 Å². The zero-order valence-electron chi connectivity index (χ0n) is 12.4. The van der Waals surface area contributed by atoms with Gasteiger partial charge < -0.3 is 10.6 Å². The highest BCUT2D eigenvalue weighted by molar-refractivity contribution is 6.30. The van der Waals surface area contributed by atoms with Crippen molar-refractivity contribution >= 4 is 39.8 Å². The number of halogens is 1. The first-order chi connectivity index (χ1) is 11.2. The van der Waals surface area contributed by atoms with Gasteiger partial charge in [0.2, 0.25) is 0 Å². The summed E-state index contributed by atoms with van der Waals surface area (Å²) in [7, 11) is 0. The third kappa shape index (κ3) is 2.64. The highest BCUT2D eigenvalue weighted by Gasteiger charge is 2.16. The van der Waals surface area contributed by atoms with Gasteiger partial charge in [-0.3, -0.25) is 0 Å². The standard InChI is InChI=1S/C19H15ClN2O/c20-14-7-9-15(10-8-14)21-19(23)22-17-11-6-13-5-4-12-2-1-3-16(17)18(12)13/h1-3,6-11H,4-5H2,(H2,21,22,23). The van der Waals surface area contributed by atoms with Crippen molar-refractivity contribution in [1.29, 1.82) is 0 Å². The van der Waals surface area contributed by atoms with Gasteiger partial charge in [-0.1, -0.05) is 35.9 Å². The molecule has 4 heteroatoms. The molecule has 0 saturated carbocycles. The van der Waals surface area contributed by atoms with E-state index in [4.69, 9.17) is 11.6 Å². The van der Waals surface area contributed by atoms with Crippen molar-refractivity contribution < 1.29 is 4.79 Å². The van der Waals surface area contributed by atoms with E-state index in [0.29, 0.717) is 10.7 Å². The number of nitrogens with one attached hydrogen (secondary N) is 2. The van der Waals surface area contributed by atoms with Crippen LogP contribution in [0.25, 0.3) is 10.8 Å². The van der Waals surface area contributed by atoms with E-state index in [1.807, 2.05) is 6.07 Å². The Morgan fingerprint density at radius 1 is 0.870 bits per heavy atom. The molecule has 23 heavy (non-hydrogen) atoms. The summed E-state index contributed by atoms with van der Waals surface area (Å²) in [6.07, 6.45) is 2.15. The summed E-state index contributed by atoms with van der Waals surface area (Å²) in [5.41, 5.74) is 4.26. The molecule has 2 amide bonds. The van der Waals surface area contributed by atoms with Crippen LogP contribution in [0.2, 0.25) is 5.02 Å². The Morgan fingerprint density at radius 3 is 2.39 bits per heavy atom. The largest absolute Gasteiger partial charge is 0.323 e. The van der Waals surface area contributed by atoms with Crippen molar-refractivity contribution in [2.45, 2.75) is 12.8 Å². The van der Waals surface area contributed by atoms with E-state index in [2.05, 4.69) is 34.9 Å². The number of hydrogen-bond acceptors (Lipinski definition) is 1. The normalized spacial score (nSPS) is 12.4. The second-order valence-electron chi connectivity index (χ2n) is 5.70. The minimum Gasteiger partial charge on any atom is -0.308 e. The van der Waals surface area contributed by atoms with Crippen molar-refractivity contribution in [3.05, 3.63) is 70.7 Å². The van der Waals surface area contributed by atoms with Crippen LogP contribution in [-0.2, 0) is 12.8 Å². The monoisotopic (exact) mass is 322 g/mol. The van der Waals surface area contributed by atoms with Crippen molar-refractivity contribution in [3.63, 3.8) is 0 Å². The molecule has 0 atom stereocenters. The summed E-state index contributed by atoms with van der Waals surface area (Å²) < 4.78 is 0. The topological polar surface area (TPSA) is 41.1 Å². The second kappa shape index (κ2) is 5.60. The maximum atomic E-state index is 12.2. The predicted molar refractivity (Wildman–Crippen MR) is 95.4 cm³/mol. The molecule has 114 valence electrons. The Labute approximate surface area is 139 Å². The molecule has 0 bridgehead atoms. The first-order valence-electron chi connectivity index (χ1n) is 7.58. The number of amides is 2. The van der Waals surface area contributed by atoms with Crippen LogP contribution in [0.5, 0.6) is 0 Å². The van der Waals surface area contributed by atoms with E-state index in [0.717, 1.165) is 23.9 Å². The summed E-state index contributed by atoms with van der Waals surface area (Å²) in [6, 6.07) is 17.1. The molecular formula is C19H15ClN2O. The zero-order valence-corrected chi connectivity index (χ0v) is 13.2. The lowest BCUT2D eigenvalue weighted by molar-refractivity contribution is 0.262. The van der Waals surface area contributed by atoms with E-state index in [1.54, 1.807) is 24.3 Å². The van der Waals surface area contributed by atoms with Gasteiger partial charge in [-0.05, 0) is 59.7 Å². The molecule has 1 aliphatic carbocycles. The Bertz CT molecular complexity index is 893. The maximum absolute atomic E-state index is 12.2. The fourth-order valence-corrected chi connectivity index (χ4v) is 3.30. The van der Waals surface area contributed by atoms with E-state index < -0.39 is 0 Å². The quantitative estimate of drug-likeness (QED) is 0.666. The SMILES string of the molecule is O=C(Nc1ccc(Cl)cc1)Nc1ccc2c3c(cccc13)CC2. The molecule has 4 rings (SSSR count). The van der Waals surface area contributed by atoms with Crippen LogP contribution in [0.1, 0.15) is 11.1 Å². The summed E-state index contributed by atoms with van der Waals surface area (Å²) in [5, 5.41) is 8.80. The molecule has 0 saturated heterocycles. The minimum absolute atomic E-state index is 0.258. The Hall–Kier alpha value is -2.52. The average Bonchev–Trinajstić information content (AvgIpc) is 2.97.